The van der Waals surface area contributed by atoms with Crippen molar-refractivity contribution < 1.29 is 4.52 Å². The fraction of sp³-hybridized carbons (Fsp3) is 0.429. The fourth-order valence-corrected chi connectivity index (χ4v) is 1.96. The van der Waals surface area contributed by atoms with Crippen molar-refractivity contribution in [3.05, 3.63) is 47.6 Å². The van der Waals surface area contributed by atoms with Crippen LogP contribution in [0, 0.1) is 0 Å². The highest BCUT2D eigenvalue weighted by Crippen LogP contribution is 2.27. The molecule has 0 radical (unpaired) electrons. The molecule has 0 amide bonds. The molecule has 1 heterocycles. The van der Waals surface area contributed by atoms with Crippen LogP contribution in [0.5, 0.6) is 0 Å². The minimum Gasteiger partial charge on any atom is -0.339 e. The van der Waals surface area contributed by atoms with Crippen LogP contribution < -0.4 is 5.73 Å². The van der Waals surface area contributed by atoms with E-state index in [0.717, 1.165) is 12.8 Å². The molecule has 0 saturated heterocycles. The molecule has 18 heavy (non-hydrogen) atoms. The molecule has 2 atom stereocenters. The van der Waals surface area contributed by atoms with Gasteiger partial charge in [-0.1, -0.05) is 49.3 Å². The zero-order valence-electron chi connectivity index (χ0n) is 10.8. The Balaban J connectivity index is 2.26. The summed E-state index contributed by atoms with van der Waals surface area (Å²) in [5, 5.41) is 3.97. The predicted octanol–water partition coefficient (Wildman–Crippen LogP) is 3.02. The minimum atomic E-state index is -0.143. The van der Waals surface area contributed by atoms with Crippen molar-refractivity contribution in [3.63, 3.8) is 0 Å². The van der Waals surface area contributed by atoms with Gasteiger partial charge in [-0.2, -0.15) is 4.98 Å². The van der Waals surface area contributed by atoms with E-state index in [4.69, 9.17) is 10.3 Å². The van der Waals surface area contributed by atoms with Crippen molar-refractivity contribution in [2.75, 3.05) is 0 Å². The molecule has 0 aliphatic carbocycles. The van der Waals surface area contributed by atoms with Gasteiger partial charge >= 0.3 is 0 Å². The zero-order valence-corrected chi connectivity index (χ0v) is 10.8. The predicted molar refractivity (Wildman–Crippen MR) is 70.1 cm³/mol. The summed E-state index contributed by atoms with van der Waals surface area (Å²) in [4.78, 5) is 4.43. The van der Waals surface area contributed by atoms with Gasteiger partial charge in [0.05, 0.1) is 12.0 Å². The van der Waals surface area contributed by atoms with Gasteiger partial charge in [0.15, 0.2) is 5.82 Å². The van der Waals surface area contributed by atoms with E-state index in [2.05, 4.69) is 29.2 Å². The van der Waals surface area contributed by atoms with Crippen molar-refractivity contribution in [3.8, 4) is 0 Å². The Kier molecular flexibility index (Phi) is 4.10. The SMILES string of the molecule is CCC(N)c1noc(C(CC)c2ccccc2)n1. The molecule has 4 heteroatoms. The van der Waals surface area contributed by atoms with E-state index >= 15 is 0 Å². The lowest BCUT2D eigenvalue weighted by molar-refractivity contribution is 0.355. The third kappa shape index (κ3) is 2.59. The number of hydrogen-bond donors (Lipinski definition) is 1. The van der Waals surface area contributed by atoms with Crippen LogP contribution in [-0.2, 0) is 0 Å². The molecule has 2 N–H and O–H groups in total. The minimum absolute atomic E-state index is 0.143. The summed E-state index contributed by atoms with van der Waals surface area (Å²) in [5.74, 6) is 1.40. The Labute approximate surface area is 107 Å². The zero-order chi connectivity index (χ0) is 13.0. The summed E-state index contributed by atoms with van der Waals surface area (Å²) in [6.45, 7) is 4.12. The number of nitrogens with zero attached hydrogens (tertiary/aromatic N) is 2. The Morgan fingerprint density at radius 2 is 1.89 bits per heavy atom. The van der Waals surface area contributed by atoms with Crippen molar-refractivity contribution in [2.24, 2.45) is 5.73 Å². The van der Waals surface area contributed by atoms with Gasteiger partial charge in [0, 0.05) is 0 Å². The fourth-order valence-electron chi connectivity index (χ4n) is 1.96. The second-order valence-corrected chi connectivity index (χ2v) is 4.38. The molecule has 4 nitrogen and oxygen atoms in total. The maximum absolute atomic E-state index is 5.90. The number of aromatic nitrogens is 2. The Morgan fingerprint density at radius 1 is 1.17 bits per heavy atom. The lowest BCUT2D eigenvalue weighted by atomic mass is 9.96. The molecule has 2 rings (SSSR count). The summed E-state index contributed by atoms with van der Waals surface area (Å²) in [5.41, 5.74) is 7.10. The molecule has 96 valence electrons. The lowest BCUT2D eigenvalue weighted by Gasteiger charge is -2.09. The van der Waals surface area contributed by atoms with Gasteiger partial charge < -0.3 is 10.3 Å². The molecule has 2 aromatic rings. The number of hydrogen-bond acceptors (Lipinski definition) is 4. The van der Waals surface area contributed by atoms with Crippen LogP contribution in [0.1, 0.15) is 55.9 Å². The first-order chi connectivity index (χ1) is 8.76. The molecular weight excluding hydrogens is 226 g/mol. The highest BCUT2D eigenvalue weighted by atomic mass is 16.5. The van der Waals surface area contributed by atoms with E-state index in [1.54, 1.807) is 0 Å². The van der Waals surface area contributed by atoms with Crippen LogP contribution in [0.3, 0.4) is 0 Å². The molecule has 0 aliphatic heterocycles. The monoisotopic (exact) mass is 245 g/mol. The van der Waals surface area contributed by atoms with Crippen LogP contribution in [0.25, 0.3) is 0 Å². The highest BCUT2D eigenvalue weighted by molar-refractivity contribution is 5.24. The first-order valence-electron chi connectivity index (χ1n) is 6.40. The molecule has 0 aliphatic rings. The summed E-state index contributed by atoms with van der Waals surface area (Å²) < 4.78 is 5.35. The normalized spacial score (nSPS) is 14.4. The molecule has 0 spiro atoms. The molecule has 0 saturated carbocycles. The van der Waals surface area contributed by atoms with Gasteiger partial charge in [0.2, 0.25) is 5.89 Å². The summed E-state index contributed by atoms with van der Waals surface area (Å²) >= 11 is 0. The van der Waals surface area contributed by atoms with Crippen LogP contribution in [0.15, 0.2) is 34.9 Å². The third-order valence-electron chi connectivity index (χ3n) is 3.14. The van der Waals surface area contributed by atoms with Crippen LogP contribution in [-0.4, -0.2) is 10.1 Å². The number of nitrogens with two attached hydrogens (primary N) is 1. The van der Waals surface area contributed by atoms with Gasteiger partial charge in [-0.25, -0.2) is 0 Å². The van der Waals surface area contributed by atoms with E-state index in [0.29, 0.717) is 11.7 Å². The summed E-state index contributed by atoms with van der Waals surface area (Å²) in [6.07, 6.45) is 1.73. The smallest absolute Gasteiger partial charge is 0.234 e. The number of rotatable bonds is 5. The van der Waals surface area contributed by atoms with Gasteiger partial charge in [0.25, 0.3) is 0 Å². The second-order valence-electron chi connectivity index (χ2n) is 4.38. The molecule has 0 fully saturated rings. The molecule has 2 unspecified atom stereocenters. The van der Waals surface area contributed by atoms with Crippen molar-refractivity contribution in [1.29, 1.82) is 0 Å². The van der Waals surface area contributed by atoms with E-state index < -0.39 is 0 Å². The van der Waals surface area contributed by atoms with Crippen LogP contribution in [0.4, 0.5) is 0 Å². The van der Waals surface area contributed by atoms with Gasteiger partial charge in [-0.05, 0) is 18.4 Å². The van der Waals surface area contributed by atoms with Crippen molar-refractivity contribution in [2.45, 2.75) is 38.6 Å². The molecule has 1 aromatic carbocycles. The number of benzene rings is 1. The molecule has 0 bridgehead atoms. The average Bonchev–Trinajstić information content (AvgIpc) is 2.89. The van der Waals surface area contributed by atoms with E-state index in [1.165, 1.54) is 5.56 Å². The highest BCUT2D eigenvalue weighted by Gasteiger charge is 2.20. The largest absolute Gasteiger partial charge is 0.339 e. The lowest BCUT2D eigenvalue weighted by Crippen LogP contribution is -2.10. The van der Waals surface area contributed by atoms with Gasteiger partial charge in [0.1, 0.15) is 0 Å². The van der Waals surface area contributed by atoms with Gasteiger partial charge in [-0.15, -0.1) is 0 Å². The standard InChI is InChI=1S/C14H19N3O/c1-3-11(10-8-6-5-7-9-10)14-16-13(17-18-14)12(15)4-2/h5-9,11-12H,3-4,15H2,1-2H3. The Morgan fingerprint density at radius 3 is 2.50 bits per heavy atom. The van der Waals surface area contributed by atoms with Crippen molar-refractivity contribution >= 4 is 0 Å². The first kappa shape index (κ1) is 12.8. The maximum Gasteiger partial charge on any atom is 0.234 e. The van der Waals surface area contributed by atoms with Crippen LogP contribution in [0.2, 0.25) is 0 Å². The molecule has 1 aromatic heterocycles. The Hall–Kier alpha value is -1.68. The second kappa shape index (κ2) is 5.78. The summed E-state index contributed by atoms with van der Waals surface area (Å²) in [6, 6.07) is 10.1. The topological polar surface area (TPSA) is 64.9 Å². The van der Waals surface area contributed by atoms with Gasteiger partial charge in [-0.3, -0.25) is 0 Å². The quantitative estimate of drug-likeness (QED) is 0.879. The average molecular weight is 245 g/mol. The first-order valence-corrected chi connectivity index (χ1v) is 6.40. The third-order valence-corrected chi connectivity index (χ3v) is 3.14. The maximum atomic E-state index is 5.90. The van der Waals surface area contributed by atoms with E-state index in [9.17, 15) is 0 Å². The summed E-state index contributed by atoms with van der Waals surface area (Å²) in [7, 11) is 0. The van der Waals surface area contributed by atoms with Crippen molar-refractivity contribution in [1.82, 2.24) is 10.1 Å². The van der Waals surface area contributed by atoms with E-state index in [1.807, 2.05) is 25.1 Å². The van der Waals surface area contributed by atoms with E-state index in [-0.39, 0.29) is 12.0 Å². The van der Waals surface area contributed by atoms with Crippen LogP contribution >= 0.6 is 0 Å². The molecular formula is C14H19N3O. The Bertz CT molecular complexity index is 481.